The summed E-state index contributed by atoms with van der Waals surface area (Å²) in [5.41, 5.74) is 0.359. The van der Waals surface area contributed by atoms with Crippen molar-refractivity contribution in [2.24, 2.45) is 5.92 Å². The summed E-state index contributed by atoms with van der Waals surface area (Å²) in [5.74, 6) is 0.237. The maximum absolute atomic E-state index is 12.0. The predicted molar refractivity (Wildman–Crippen MR) is 71.1 cm³/mol. The molecular formula is C13H15Cl2NO2. The Kier molecular flexibility index (Phi) is 4.46. The molecule has 1 aliphatic carbocycles. The zero-order valence-electron chi connectivity index (χ0n) is 10.2. The number of carbonyl (C=O) groups is 1. The molecule has 0 spiro atoms. The van der Waals surface area contributed by atoms with E-state index in [2.05, 4.69) is 11.9 Å². The number of aromatic nitrogens is 1. The van der Waals surface area contributed by atoms with Crippen LogP contribution in [0.1, 0.15) is 43.0 Å². The van der Waals surface area contributed by atoms with Gasteiger partial charge in [0.05, 0.1) is 5.56 Å². The number of rotatable bonds is 2. The highest BCUT2D eigenvalue weighted by atomic mass is 35.5. The second-order valence-electron chi connectivity index (χ2n) is 4.80. The number of pyridine rings is 1. The van der Waals surface area contributed by atoms with Gasteiger partial charge in [0.25, 0.3) is 0 Å². The van der Waals surface area contributed by atoms with Crippen LogP contribution in [0, 0.1) is 5.92 Å². The molecule has 18 heavy (non-hydrogen) atoms. The molecule has 1 heterocycles. The lowest BCUT2D eigenvalue weighted by atomic mass is 9.89. The molecule has 1 saturated carbocycles. The molecule has 1 fully saturated rings. The molecule has 1 aromatic heterocycles. The van der Waals surface area contributed by atoms with Crippen molar-refractivity contribution in [3.05, 3.63) is 28.0 Å². The monoisotopic (exact) mass is 287 g/mol. The van der Waals surface area contributed by atoms with Gasteiger partial charge in [-0.2, -0.15) is 0 Å². The van der Waals surface area contributed by atoms with Crippen molar-refractivity contribution in [2.45, 2.75) is 38.7 Å². The van der Waals surface area contributed by atoms with Crippen molar-refractivity contribution in [1.82, 2.24) is 4.98 Å². The van der Waals surface area contributed by atoms with Crippen LogP contribution in [0.15, 0.2) is 12.1 Å². The Morgan fingerprint density at radius 1 is 1.33 bits per heavy atom. The van der Waals surface area contributed by atoms with E-state index >= 15 is 0 Å². The maximum atomic E-state index is 12.0. The third-order valence-electron chi connectivity index (χ3n) is 3.16. The van der Waals surface area contributed by atoms with Gasteiger partial charge in [-0.25, -0.2) is 9.78 Å². The third-order valence-corrected chi connectivity index (χ3v) is 3.55. The van der Waals surface area contributed by atoms with Crippen LogP contribution in [0.3, 0.4) is 0 Å². The topological polar surface area (TPSA) is 39.2 Å². The Balaban J connectivity index is 2.02. The standard InChI is InChI=1S/C13H15Cl2NO2/c1-8-3-2-4-10(5-8)18-13(17)9-6-11(14)16-12(15)7-9/h6-8,10H,2-5H2,1H3. The third kappa shape index (κ3) is 3.59. The molecule has 2 rings (SSSR count). The average Bonchev–Trinajstić information content (AvgIpc) is 2.27. The summed E-state index contributed by atoms with van der Waals surface area (Å²) in [5, 5.41) is 0.401. The first-order valence-electron chi connectivity index (χ1n) is 6.08. The van der Waals surface area contributed by atoms with Gasteiger partial charge in [-0.15, -0.1) is 0 Å². The molecule has 98 valence electrons. The van der Waals surface area contributed by atoms with Crippen molar-refractivity contribution >= 4 is 29.2 Å². The lowest BCUT2D eigenvalue weighted by Gasteiger charge is -2.26. The normalized spacial score (nSPS) is 23.7. The van der Waals surface area contributed by atoms with Crippen molar-refractivity contribution in [3.8, 4) is 0 Å². The molecule has 1 aliphatic rings. The van der Waals surface area contributed by atoms with E-state index in [1.54, 1.807) is 0 Å². The summed E-state index contributed by atoms with van der Waals surface area (Å²) < 4.78 is 5.47. The van der Waals surface area contributed by atoms with Gasteiger partial charge in [0.2, 0.25) is 0 Å². The minimum atomic E-state index is -0.375. The van der Waals surface area contributed by atoms with E-state index in [1.165, 1.54) is 18.6 Å². The second-order valence-corrected chi connectivity index (χ2v) is 5.57. The van der Waals surface area contributed by atoms with Crippen LogP contribution in [0.5, 0.6) is 0 Å². The zero-order chi connectivity index (χ0) is 13.1. The first-order chi connectivity index (χ1) is 8.54. The Morgan fingerprint density at radius 3 is 2.61 bits per heavy atom. The highest BCUT2D eigenvalue weighted by Gasteiger charge is 2.23. The van der Waals surface area contributed by atoms with E-state index in [0.29, 0.717) is 11.5 Å². The van der Waals surface area contributed by atoms with Crippen LogP contribution in [0.25, 0.3) is 0 Å². The lowest BCUT2D eigenvalue weighted by molar-refractivity contribution is 0.0155. The maximum Gasteiger partial charge on any atom is 0.338 e. The molecule has 0 N–H and O–H groups in total. The molecule has 0 saturated heterocycles. The van der Waals surface area contributed by atoms with Gasteiger partial charge in [-0.1, -0.05) is 36.5 Å². The number of hydrogen-bond donors (Lipinski definition) is 0. The molecule has 0 bridgehead atoms. The summed E-state index contributed by atoms with van der Waals surface area (Å²) in [4.78, 5) is 15.8. The molecule has 0 amide bonds. The quantitative estimate of drug-likeness (QED) is 0.607. The first kappa shape index (κ1) is 13.6. The number of nitrogens with zero attached hydrogens (tertiary/aromatic N) is 1. The molecule has 0 aromatic carbocycles. The largest absolute Gasteiger partial charge is 0.459 e. The Hall–Kier alpha value is -0.800. The predicted octanol–water partition coefficient (Wildman–Crippen LogP) is 4.12. The van der Waals surface area contributed by atoms with Crippen LogP contribution in [-0.2, 0) is 4.74 Å². The van der Waals surface area contributed by atoms with E-state index in [4.69, 9.17) is 27.9 Å². The molecule has 0 radical (unpaired) electrons. The molecule has 3 nitrogen and oxygen atoms in total. The minimum Gasteiger partial charge on any atom is -0.459 e. The van der Waals surface area contributed by atoms with Gasteiger partial charge in [0, 0.05) is 0 Å². The highest BCUT2D eigenvalue weighted by molar-refractivity contribution is 6.32. The molecule has 0 aliphatic heterocycles. The summed E-state index contributed by atoms with van der Waals surface area (Å²) in [6, 6.07) is 2.95. The van der Waals surface area contributed by atoms with Gasteiger partial charge in [-0.3, -0.25) is 0 Å². The van der Waals surface area contributed by atoms with E-state index in [9.17, 15) is 4.79 Å². The van der Waals surface area contributed by atoms with E-state index in [0.717, 1.165) is 19.3 Å². The molecular weight excluding hydrogens is 273 g/mol. The smallest absolute Gasteiger partial charge is 0.338 e. The second kappa shape index (κ2) is 5.89. The van der Waals surface area contributed by atoms with Crippen LogP contribution < -0.4 is 0 Å². The molecule has 2 unspecified atom stereocenters. The average molecular weight is 288 g/mol. The SMILES string of the molecule is CC1CCCC(OC(=O)c2cc(Cl)nc(Cl)c2)C1. The Bertz CT molecular complexity index is 430. The number of halogens is 2. The first-order valence-corrected chi connectivity index (χ1v) is 6.84. The number of esters is 1. The van der Waals surface area contributed by atoms with Crippen molar-refractivity contribution in [1.29, 1.82) is 0 Å². The van der Waals surface area contributed by atoms with Gasteiger partial charge in [0.1, 0.15) is 16.4 Å². The van der Waals surface area contributed by atoms with E-state index in [1.807, 2.05) is 0 Å². The summed E-state index contributed by atoms with van der Waals surface area (Å²) in [7, 11) is 0. The number of carbonyl (C=O) groups excluding carboxylic acids is 1. The van der Waals surface area contributed by atoms with Gasteiger partial charge in [-0.05, 0) is 37.3 Å². The molecule has 1 aromatic rings. The molecule has 2 atom stereocenters. The number of ether oxygens (including phenoxy) is 1. The minimum absolute atomic E-state index is 0.00645. The van der Waals surface area contributed by atoms with Crippen molar-refractivity contribution in [2.75, 3.05) is 0 Å². The van der Waals surface area contributed by atoms with Crippen LogP contribution in [-0.4, -0.2) is 17.1 Å². The zero-order valence-corrected chi connectivity index (χ0v) is 11.7. The Morgan fingerprint density at radius 2 is 2.00 bits per heavy atom. The van der Waals surface area contributed by atoms with Crippen LogP contribution in [0.4, 0.5) is 0 Å². The number of hydrogen-bond acceptors (Lipinski definition) is 3. The highest BCUT2D eigenvalue weighted by Crippen LogP contribution is 2.26. The van der Waals surface area contributed by atoms with Gasteiger partial charge >= 0.3 is 5.97 Å². The fourth-order valence-corrected chi connectivity index (χ4v) is 2.75. The van der Waals surface area contributed by atoms with Gasteiger partial charge in [0.15, 0.2) is 0 Å². The van der Waals surface area contributed by atoms with E-state index < -0.39 is 0 Å². The van der Waals surface area contributed by atoms with E-state index in [-0.39, 0.29) is 22.4 Å². The summed E-state index contributed by atoms with van der Waals surface area (Å²) >= 11 is 11.5. The Labute approximate surface area is 116 Å². The lowest BCUT2D eigenvalue weighted by Crippen LogP contribution is -2.24. The molecule has 5 heteroatoms. The van der Waals surface area contributed by atoms with Gasteiger partial charge < -0.3 is 4.74 Å². The summed E-state index contributed by atoms with van der Waals surface area (Å²) in [6.45, 7) is 2.18. The van der Waals surface area contributed by atoms with Crippen LogP contribution in [0.2, 0.25) is 10.3 Å². The van der Waals surface area contributed by atoms with Crippen molar-refractivity contribution < 1.29 is 9.53 Å². The fourth-order valence-electron chi connectivity index (χ4n) is 2.29. The summed E-state index contributed by atoms with van der Waals surface area (Å²) in [6.07, 6.45) is 4.19. The van der Waals surface area contributed by atoms with Crippen LogP contribution >= 0.6 is 23.2 Å². The van der Waals surface area contributed by atoms with Crippen molar-refractivity contribution in [3.63, 3.8) is 0 Å². The fraction of sp³-hybridized carbons (Fsp3) is 0.538.